The van der Waals surface area contributed by atoms with Gasteiger partial charge in [-0.1, -0.05) is 25.0 Å². The molecule has 0 saturated carbocycles. The van der Waals surface area contributed by atoms with E-state index in [1.165, 1.54) is 12.8 Å². The largest absolute Gasteiger partial charge is 0.489 e. The maximum Gasteiger partial charge on any atom is 0.142 e. The lowest BCUT2D eigenvalue weighted by atomic mass is 10.2. The Balaban J connectivity index is 1.94. The van der Waals surface area contributed by atoms with Crippen LogP contribution in [0.1, 0.15) is 25.7 Å². The highest BCUT2D eigenvalue weighted by Crippen LogP contribution is 2.19. The van der Waals surface area contributed by atoms with Crippen LogP contribution in [0.25, 0.3) is 0 Å². The summed E-state index contributed by atoms with van der Waals surface area (Å²) in [5, 5.41) is 0. The van der Waals surface area contributed by atoms with Crippen LogP contribution in [0.15, 0.2) is 24.3 Å². The predicted octanol–water partition coefficient (Wildman–Crippen LogP) is 3.46. The van der Waals surface area contributed by atoms with Crippen LogP contribution < -0.4 is 10.5 Å². The maximum absolute atomic E-state index is 5.75. The van der Waals surface area contributed by atoms with Gasteiger partial charge < -0.3 is 15.2 Å². The maximum atomic E-state index is 5.75. The van der Waals surface area contributed by atoms with Crippen LogP contribution in [0.5, 0.6) is 5.75 Å². The third-order valence-corrected chi connectivity index (χ3v) is 2.84. The van der Waals surface area contributed by atoms with E-state index < -0.39 is 0 Å². The van der Waals surface area contributed by atoms with E-state index in [1.54, 1.807) is 0 Å². The Hall–Kier alpha value is -0.930. The smallest absolute Gasteiger partial charge is 0.142 e. The fraction of sp³-hybridized carbons (Fsp3) is 0.571. The number of unbranched alkanes of at least 4 members (excludes halogenated alkanes) is 3. The lowest BCUT2D eigenvalue weighted by Gasteiger charge is -2.08. The van der Waals surface area contributed by atoms with E-state index >= 15 is 0 Å². The van der Waals surface area contributed by atoms with Crippen molar-refractivity contribution in [3.05, 3.63) is 24.3 Å². The molecule has 0 spiro atoms. The molecule has 0 fully saturated rings. The minimum Gasteiger partial charge on any atom is -0.489 e. The van der Waals surface area contributed by atoms with Gasteiger partial charge in [0.1, 0.15) is 12.4 Å². The Labute approximate surface area is 114 Å². The van der Waals surface area contributed by atoms with E-state index in [4.69, 9.17) is 26.8 Å². The molecule has 0 aliphatic carbocycles. The summed E-state index contributed by atoms with van der Waals surface area (Å²) in [5.74, 6) is 1.48. The van der Waals surface area contributed by atoms with E-state index in [0.29, 0.717) is 18.9 Å². The highest BCUT2D eigenvalue weighted by molar-refractivity contribution is 6.17. The van der Waals surface area contributed by atoms with Crippen LogP contribution in [0.2, 0.25) is 0 Å². The molecule has 0 radical (unpaired) electrons. The molecule has 102 valence electrons. The normalized spacial score (nSPS) is 10.5. The summed E-state index contributed by atoms with van der Waals surface area (Å²) in [4.78, 5) is 0. The average molecular weight is 272 g/mol. The van der Waals surface area contributed by atoms with Gasteiger partial charge in [-0.2, -0.15) is 0 Å². The van der Waals surface area contributed by atoms with Gasteiger partial charge in [0, 0.05) is 12.5 Å². The SMILES string of the molecule is Nc1ccccc1OCCOCCCCCCCl. The molecular formula is C14H22ClNO2. The summed E-state index contributed by atoms with van der Waals surface area (Å²) >= 11 is 5.60. The van der Waals surface area contributed by atoms with Crippen molar-refractivity contribution in [1.29, 1.82) is 0 Å². The number of ether oxygens (including phenoxy) is 2. The molecule has 3 nitrogen and oxygen atoms in total. The van der Waals surface area contributed by atoms with Crippen LogP contribution in [0.3, 0.4) is 0 Å². The molecule has 1 rings (SSSR count). The Morgan fingerprint density at radius 2 is 1.72 bits per heavy atom. The second-order valence-electron chi connectivity index (χ2n) is 4.10. The number of para-hydroxylation sites is 2. The number of benzene rings is 1. The number of halogens is 1. The van der Waals surface area contributed by atoms with Gasteiger partial charge in [0.05, 0.1) is 12.3 Å². The Morgan fingerprint density at radius 3 is 2.50 bits per heavy atom. The van der Waals surface area contributed by atoms with Crippen LogP contribution in [0, 0.1) is 0 Å². The fourth-order valence-corrected chi connectivity index (χ4v) is 1.77. The van der Waals surface area contributed by atoms with Crippen molar-refractivity contribution >= 4 is 17.3 Å². The first kappa shape index (κ1) is 15.1. The number of alkyl halides is 1. The average Bonchev–Trinajstić information content (AvgIpc) is 2.39. The molecule has 0 amide bonds. The molecule has 0 atom stereocenters. The number of rotatable bonds is 10. The number of hydrogen-bond acceptors (Lipinski definition) is 3. The highest BCUT2D eigenvalue weighted by Gasteiger charge is 1.97. The second kappa shape index (κ2) is 10.0. The molecule has 0 aliphatic heterocycles. The van der Waals surface area contributed by atoms with Crippen molar-refractivity contribution in [3.63, 3.8) is 0 Å². The number of anilines is 1. The van der Waals surface area contributed by atoms with Gasteiger partial charge in [-0.25, -0.2) is 0 Å². The topological polar surface area (TPSA) is 44.5 Å². The Kier molecular flexibility index (Phi) is 8.43. The van der Waals surface area contributed by atoms with Gasteiger partial charge in [0.15, 0.2) is 0 Å². The zero-order chi connectivity index (χ0) is 13.1. The first-order valence-electron chi connectivity index (χ1n) is 6.45. The zero-order valence-corrected chi connectivity index (χ0v) is 11.5. The molecule has 0 unspecified atom stereocenters. The lowest BCUT2D eigenvalue weighted by molar-refractivity contribution is 0.0974. The van der Waals surface area contributed by atoms with Crippen LogP contribution in [0.4, 0.5) is 5.69 Å². The van der Waals surface area contributed by atoms with Crippen LogP contribution in [-0.2, 0) is 4.74 Å². The van der Waals surface area contributed by atoms with Gasteiger partial charge in [-0.15, -0.1) is 11.6 Å². The standard InChI is InChI=1S/C14H22ClNO2/c15-9-5-1-2-6-10-17-11-12-18-14-8-4-3-7-13(14)16/h3-4,7-8H,1-2,5-6,9-12,16H2. The Bertz CT molecular complexity index is 320. The van der Waals surface area contributed by atoms with E-state index in [2.05, 4.69) is 0 Å². The minimum atomic E-state index is 0.538. The molecule has 1 aromatic carbocycles. The van der Waals surface area contributed by atoms with Crippen LogP contribution in [-0.4, -0.2) is 25.7 Å². The molecule has 4 heteroatoms. The van der Waals surface area contributed by atoms with E-state index in [1.807, 2.05) is 24.3 Å². The molecule has 0 bridgehead atoms. The highest BCUT2D eigenvalue weighted by atomic mass is 35.5. The Morgan fingerprint density at radius 1 is 0.944 bits per heavy atom. The summed E-state index contributed by atoms with van der Waals surface area (Å²) in [5.41, 5.74) is 6.42. The third kappa shape index (κ3) is 6.72. The van der Waals surface area contributed by atoms with Crippen molar-refractivity contribution in [1.82, 2.24) is 0 Å². The summed E-state index contributed by atoms with van der Waals surface area (Å²) < 4.78 is 11.0. The molecule has 0 heterocycles. The zero-order valence-electron chi connectivity index (χ0n) is 10.7. The van der Waals surface area contributed by atoms with Gasteiger partial charge in [-0.3, -0.25) is 0 Å². The second-order valence-corrected chi connectivity index (χ2v) is 4.48. The quantitative estimate of drug-likeness (QED) is 0.403. The van der Waals surface area contributed by atoms with Crippen LogP contribution >= 0.6 is 11.6 Å². The first-order chi connectivity index (χ1) is 8.84. The summed E-state index contributed by atoms with van der Waals surface area (Å²) in [7, 11) is 0. The number of nitrogens with two attached hydrogens (primary N) is 1. The van der Waals surface area contributed by atoms with Crippen molar-refractivity contribution in [2.24, 2.45) is 0 Å². The van der Waals surface area contributed by atoms with Crippen molar-refractivity contribution in [3.8, 4) is 5.75 Å². The van der Waals surface area contributed by atoms with E-state index in [9.17, 15) is 0 Å². The first-order valence-corrected chi connectivity index (χ1v) is 6.99. The molecule has 0 aliphatic rings. The molecular weight excluding hydrogens is 250 g/mol. The fourth-order valence-electron chi connectivity index (χ4n) is 1.58. The number of hydrogen-bond donors (Lipinski definition) is 1. The molecule has 0 saturated heterocycles. The molecule has 0 aromatic heterocycles. The molecule has 18 heavy (non-hydrogen) atoms. The van der Waals surface area contributed by atoms with E-state index in [-0.39, 0.29) is 0 Å². The van der Waals surface area contributed by atoms with Crippen molar-refractivity contribution in [2.75, 3.05) is 31.4 Å². The van der Waals surface area contributed by atoms with Gasteiger partial charge in [0.25, 0.3) is 0 Å². The summed E-state index contributed by atoms with van der Waals surface area (Å²) in [6.45, 7) is 1.93. The van der Waals surface area contributed by atoms with Gasteiger partial charge >= 0.3 is 0 Å². The molecule has 2 N–H and O–H groups in total. The number of nitrogen functional groups attached to an aromatic ring is 1. The lowest BCUT2D eigenvalue weighted by Crippen LogP contribution is -2.08. The predicted molar refractivity (Wildman–Crippen MR) is 76.4 cm³/mol. The third-order valence-electron chi connectivity index (χ3n) is 2.58. The van der Waals surface area contributed by atoms with Crippen molar-refractivity contribution < 1.29 is 9.47 Å². The molecule has 1 aromatic rings. The van der Waals surface area contributed by atoms with Gasteiger partial charge in [0.2, 0.25) is 0 Å². The van der Waals surface area contributed by atoms with E-state index in [0.717, 1.165) is 31.1 Å². The summed E-state index contributed by atoms with van der Waals surface area (Å²) in [6.07, 6.45) is 4.55. The monoisotopic (exact) mass is 271 g/mol. The minimum absolute atomic E-state index is 0.538. The van der Waals surface area contributed by atoms with Crippen molar-refractivity contribution in [2.45, 2.75) is 25.7 Å². The summed E-state index contributed by atoms with van der Waals surface area (Å²) in [6, 6.07) is 7.48. The van der Waals surface area contributed by atoms with Gasteiger partial charge in [-0.05, 0) is 25.0 Å².